The summed E-state index contributed by atoms with van der Waals surface area (Å²) in [7, 11) is 1.68. The Kier molecular flexibility index (Phi) is 3.69. The third kappa shape index (κ3) is 2.77. The van der Waals surface area contributed by atoms with Crippen LogP contribution in [-0.2, 0) is 11.8 Å². The van der Waals surface area contributed by atoms with Gasteiger partial charge in [0.15, 0.2) is 5.69 Å². The highest BCUT2D eigenvalue weighted by Crippen LogP contribution is 2.23. The highest BCUT2D eigenvalue weighted by molar-refractivity contribution is 6.08. The number of para-hydroxylation sites is 2. The zero-order valence-corrected chi connectivity index (χ0v) is 10.9. The zero-order chi connectivity index (χ0) is 14.7. The quantitative estimate of drug-likeness (QED) is 0.800. The summed E-state index contributed by atoms with van der Waals surface area (Å²) in [5.41, 5.74) is 6.65. The highest BCUT2D eigenvalue weighted by Gasteiger charge is 2.23. The van der Waals surface area contributed by atoms with E-state index in [4.69, 9.17) is 10.8 Å². The predicted molar refractivity (Wildman–Crippen MR) is 73.4 cm³/mol. The number of rotatable bonds is 4. The number of nitrogens with zero attached hydrogens (tertiary/aromatic N) is 3. The molecule has 104 valence electrons. The molecule has 0 atom stereocenters. The lowest BCUT2D eigenvalue weighted by molar-refractivity contribution is -0.135. The molecule has 7 heteroatoms. The van der Waals surface area contributed by atoms with E-state index in [0.717, 1.165) is 4.90 Å². The van der Waals surface area contributed by atoms with Crippen molar-refractivity contribution in [3.63, 3.8) is 0 Å². The number of carboxylic acids is 1. The van der Waals surface area contributed by atoms with Gasteiger partial charge in [0.05, 0.1) is 11.4 Å². The lowest BCUT2D eigenvalue weighted by atomic mass is 10.2. The van der Waals surface area contributed by atoms with Gasteiger partial charge < -0.3 is 10.8 Å². The monoisotopic (exact) mass is 274 g/mol. The van der Waals surface area contributed by atoms with Gasteiger partial charge in [-0.2, -0.15) is 5.10 Å². The van der Waals surface area contributed by atoms with Crippen LogP contribution in [0.2, 0.25) is 0 Å². The van der Waals surface area contributed by atoms with Crippen LogP contribution in [0.5, 0.6) is 0 Å². The van der Waals surface area contributed by atoms with Crippen LogP contribution in [0.25, 0.3) is 0 Å². The minimum absolute atomic E-state index is 0.164. The van der Waals surface area contributed by atoms with E-state index in [2.05, 4.69) is 5.10 Å². The molecule has 1 amide bonds. The van der Waals surface area contributed by atoms with Gasteiger partial charge in [-0.1, -0.05) is 12.1 Å². The summed E-state index contributed by atoms with van der Waals surface area (Å²) >= 11 is 0. The van der Waals surface area contributed by atoms with E-state index in [1.165, 1.54) is 10.7 Å². The molecule has 0 spiro atoms. The normalized spacial score (nSPS) is 10.2. The fraction of sp³-hybridized carbons (Fsp3) is 0.154. The average molecular weight is 274 g/mol. The number of hydrogen-bond donors (Lipinski definition) is 2. The summed E-state index contributed by atoms with van der Waals surface area (Å²) in [5.74, 6) is -1.64. The van der Waals surface area contributed by atoms with Crippen LogP contribution in [0.4, 0.5) is 11.4 Å². The first-order chi connectivity index (χ1) is 9.49. The van der Waals surface area contributed by atoms with Crippen molar-refractivity contribution >= 4 is 23.3 Å². The lowest BCUT2D eigenvalue weighted by Crippen LogP contribution is -2.36. The van der Waals surface area contributed by atoms with Crippen LogP contribution >= 0.6 is 0 Å². The molecule has 0 unspecified atom stereocenters. The van der Waals surface area contributed by atoms with Gasteiger partial charge >= 0.3 is 5.97 Å². The van der Waals surface area contributed by atoms with Gasteiger partial charge in [0.25, 0.3) is 5.91 Å². The molecular weight excluding hydrogens is 260 g/mol. The van der Waals surface area contributed by atoms with Gasteiger partial charge in [-0.05, 0) is 18.2 Å². The van der Waals surface area contributed by atoms with Gasteiger partial charge in [0.2, 0.25) is 0 Å². The number of aromatic nitrogens is 2. The third-order valence-corrected chi connectivity index (χ3v) is 2.70. The average Bonchev–Trinajstić information content (AvgIpc) is 2.82. The highest BCUT2D eigenvalue weighted by atomic mass is 16.4. The fourth-order valence-corrected chi connectivity index (χ4v) is 1.80. The van der Waals surface area contributed by atoms with Crippen molar-refractivity contribution < 1.29 is 14.7 Å². The molecule has 1 aromatic heterocycles. The number of hydrogen-bond acceptors (Lipinski definition) is 4. The van der Waals surface area contributed by atoms with Crippen LogP contribution in [0, 0.1) is 0 Å². The molecule has 0 saturated heterocycles. The SMILES string of the molecule is Cn1ccc(C(=O)N(CC(=O)O)c2ccccc2N)n1. The molecule has 0 bridgehead atoms. The first-order valence-corrected chi connectivity index (χ1v) is 5.87. The molecule has 0 radical (unpaired) electrons. The number of carbonyl (C=O) groups is 2. The zero-order valence-electron chi connectivity index (χ0n) is 10.9. The van der Waals surface area contributed by atoms with Crippen molar-refractivity contribution in [2.75, 3.05) is 17.2 Å². The number of aryl methyl sites for hydroxylation is 1. The smallest absolute Gasteiger partial charge is 0.323 e. The van der Waals surface area contributed by atoms with Crippen LogP contribution in [-0.4, -0.2) is 33.3 Å². The Labute approximate surface area is 115 Å². The molecule has 1 heterocycles. The molecule has 20 heavy (non-hydrogen) atoms. The van der Waals surface area contributed by atoms with Gasteiger partial charge in [-0.15, -0.1) is 0 Å². The van der Waals surface area contributed by atoms with Crippen LogP contribution in [0.3, 0.4) is 0 Å². The van der Waals surface area contributed by atoms with Crippen molar-refractivity contribution in [1.29, 1.82) is 0 Å². The molecular formula is C13H14N4O3. The number of carbonyl (C=O) groups excluding carboxylic acids is 1. The lowest BCUT2D eigenvalue weighted by Gasteiger charge is -2.21. The largest absolute Gasteiger partial charge is 0.480 e. The molecule has 2 aromatic rings. The van der Waals surface area contributed by atoms with Gasteiger partial charge in [-0.25, -0.2) is 0 Å². The summed E-state index contributed by atoms with van der Waals surface area (Å²) in [5, 5.41) is 13.0. The maximum absolute atomic E-state index is 12.4. The summed E-state index contributed by atoms with van der Waals surface area (Å²) in [6.45, 7) is -0.483. The molecule has 2 rings (SSSR count). The van der Waals surface area contributed by atoms with E-state index in [0.29, 0.717) is 11.4 Å². The van der Waals surface area contributed by atoms with E-state index in [9.17, 15) is 9.59 Å². The summed E-state index contributed by atoms with van der Waals surface area (Å²) < 4.78 is 1.47. The summed E-state index contributed by atoms with van der Waals surface area (Å²) in [4.78, 5) is 24.4. The Morgan fingerprint density at radius 1 is 1.35 bits per heavy atom. The van der Waals surface area contributed by atoms with E-state index in [-0.39, 0.29) is 5.69 Å². The van der Waals surface area contributed by atoms with Gasteiger partial charge in [-0.3, -0.25) is 19.2 Å². The topological polar surface area (TPSA) is 101 Å². The minimum atomic E-state index is -1.13. The first-order valence-electron chi connectivity index (χ1n) is 5.87. The van der Waals surface area contributed by atoms with E-state index in [1.54, 1.807) is 37.5 Å². The van der Waals surface area contributed by atoms with Gasteiger partial charge in [0.1, 0.15) is 6.54 Å². The summed E-state index contributed by atoms with van der Waals surface area (Å²) in [6, 6.07) is 8.13. The van der Waals surface area contributed by atoms with Crippen molar-refractivity contribution in [3.05, 3.63) is 42.2 Å². The second-order valence-corrected chi connectivity index (χ2v) is 4.22. The Hall–Kier alpha value is -2.83. The molecule has 3 N–H and O–H groups in total. The first kappa shape index (κ1) is 13.6. The Morgan fingerprint density at radius 2 is 2.05 bits per heavy atom. The maximum atomic E-state index is 12.4. The second kappa shape index (κ2) is 5.43. The minimum Gasteiger partial charge on any atom is -0.480 e. The van der Waals surface area contributed by atoms with E-state index in [1.807, 2.05) is 0 Å². The van der Waals surface area contributed by atoms with Crippen molar-refractivity contribution in [1.82, 2.24) is 9.78 Å². The standard InChI is InChI=1S/C13H14N4O3/c1-16-7-6-10(15-16)13(20)17(8-12(18)19)11-5-3-2-4-9(11)14/h2-7H,8,14H2,1H3,(H,18,19). The van der Waals surface area contributed by atoms with Crippen LogP contribution in [0.15, 0.2) is 36.5 Å². The molecule has 1 aromatic carbocycles. The van der Waals surface area contributed by atoms with Gasteiger partial charge in [0, 0.05) is 13.2 Å². The van der Waals surface area contributed by atoms with Crippen LogP contribution < -0.4 is 10.6 Å². The predicted octanol–water partition coefficient (Wildman–Crippen LogP) is 0.734. The number of nitrogens with two attached hydrogens (primary N) is 1. The Bertz CT molecular complexity index is 651. The molecule has 0 saturated carbocycles. The molecule has 0 aliphatic rings. The molecule has 0 aliphatic heterocycles. The number of carboxylic acid groups (broad SMARTS) is 1. The number of aliphatic carboxylic acids is 1. The number of anilines is 2. The van der Waals surface area contributed by atoms with Crippen molar-refractivity contribution in [2.24, 2.45) is 7.05 Å². The van der Waals surface area contributed by atoms with E-state index < -0.39 is 18.4 Å². The fourth-order valence-electron chi connectivity index (χ4n) is 1.80. The molecule has 0 aliphatic carbocycles. The molecule has 7 nitrogen and oxygen atoms in total. The summed E-state index contributed by atoms with van der Waals surface area (Å²) in [6.07, 6.45) is 1.61. The third-order valence-electron chi connectivity index (χ3n) is 2.70. The Morgan fingerprint density at radius 3 is 2.60 bits per heavy atom. The van der Waals surface area contributed by atoms with Crippen LogP contribution in [0.1, 0.15) is 10.5 Å². The maximum Gasteiger partial charge on any atom is 0.323 e. The number of nitrogen functional groups attached to an aromatic ring is 1. The Balaban J connectivity index is 2.40. The second-order valence-electron chi connectivity index (χ2n) is 4.22. The van der Waals surface area contributed by atoms with Crippen molar-refractivity contribution in [2.45, 2.75) is 0 Å². The van der Waals surface area contributed by atoms with E-state index >= 15 is 0 Å². The number of amides is 1. The molecule has 0 fully saturated rings. The van der Waals surface area contributed by atoms with Crippen molar-refractivity contribution in [3.8, 4) is 0 Å². The number of benzene rings is 1.